The first-order valence-corrected chi connectivity index (χ1v) is 4.69. The molecule has 3 N–H and O–H groups in total. The Balaban J connectivity index is 2.15. The Morgan fingerprint density at radius 3 is 3.23 bits per heavy atom. The molecular formula is C7H11N3O2S. The van der Waals surface area contributed by atoms with Crippen LogP contribution >= 0.6 is 11.3 Å². The first-order valence-electron chi connectivity index (χ1n) is 3.81. The van der Waals surface area contributed by atoms with E-state index in [4.69, 9.17) is 10.5 Å². The average molecular weight is 201 g/mol. The van der Waals surface area contributed by atoms with Gasteiger partial charge in [0.2, 0.25) is 0 Å². The second-order valence-corrected chi connectivity index (χ2v) is 3.23. The molecule has 0 saturated carbocycles. The number of aromatic nitrogens is 1. The summed E-state index contributed by atoms with van der Waals surface area (Å²) in [4.78, 5) is 15.7. The molecule has 0 saturated heterocycles. The molecule has 6 heteroatoms. The first kappa shape index (κ1) is 9.94. The minimum atomic E-state index is -0.446. The molecule has 1 amide bonds. The average Bonchev–Trinajstić information content (AvgIpc) is 2.64. The largest absolute Gasteiger partial charge is 0.444 e. The molecule has 5 nitrogen and oxygen atoms in total. The highest BCUT2D eigenvalue weighted by Crippen LogP contribution is 2.06. The molecule has 1 rings (SSSR count). The van der Waals surface area contributed by atoms with Crippen LogP contribution in [0.1, 0.15) is 4.88 Å². The van der Waals surface area contributed by atoms with Gasteiger partial charge in [0.25, 0.3) is 0 Å². The predicted octanol–water partition coefficient (Wildman–Crippen LogP) is 0.328. The highest BCUT2D eigenvalue weighted by molar-refractivity contribution is 7.09. The summed E-state index contributed by atoms with van der Waals surface area (Å²) in [5.74, 6) is 0. The number of amides is 1. The summed E-state index contributed by atoms with van der Waals surface area (Å²) < 4.78 is 4.85. The van der Waals surface area contributed by atoms with Crippen LogP contribution < -0.4 is 11.1 Å². The number of carbonyl (C=O) groups excluding carboxylic acids is 1. The van der Waals surface area contributed by atoms with E-state index in [2.05, 4.69) is 10.3 Å². The van der Waals surface area contributed by atoms with Crippen molar-refractivity contribution in [2.24, 2.45) is 5.73 Å². The fraction of sp³-hybridized carbons (Fsp3) is 0.429. The van der Waals surface area contributed by atoms with Gasteiger partial charge in [-0.15, -0.1) is 11.3 Å². The number of ether oxygens (including phenoxy) is 1. The summed E-state index contributed by atoms with van der Waals surface area (Å²) >= 11 is 1.45. The predicted molar refractivity (Wildman–Crippen MR) is 49.4 cm³/mol. The smallest absolute Gasteiger partial charge is 0.407 e. The topological polar surface area (TPSA) is 77.2 Å². The van der Waals surface area contributed by atoms with Gasteiger partial charge in [-0.25, -0.2) is 4.79 Å². The standard InChI is InChI=1S/C7H11N3O2S/c8-1-2-10-7(11)12-4-6-3-9-5-13-6/h3,5H,1-2,4,8H2,(H,10,11). The summed E-state index contributed by atoms with van der Waals surface area (Å²) in [5, 5.41) is 2.49. The summed E-state index contributed by atoms with van der Waals surface area (Å²) in [6, 6.07) is 0. The molecule has 13 heavy (non-hydrogen) atoms. The van der Waals surface area contributed by atoms with Gasteiger partial charge in [0.15, 0.2) is 0 Å². The van der Waals surface area contributed by atoms with E-state index in [-0.39, 0.29) is 6.61 Å². The number of rotatable bonds is 4. The molecule has 0 aromatic carbocycles. The summed E-state index contributed by atoms with van der Waals surface area (Å²) in [6.07, 6.45) is 1.22. The van der Waals surface area contributed by atoms with Crippen molar-refractivity contribution in [1.82, 2.24) is 10.3 Å². The molecule has 0 aliphatic rings. The van der Waals surface area contributed by atoms with E-state index in [9.17, 15) is 4.79 Å². The zero-order valence-corrected chi connectivity index (χ0v) is 7.84. The molecular weight excluding hydrogens is 190 g/mol. The molecule has 1 aromatic rings. The van der Waals surface area contributed by atoms with Crippen molar-refractivity contribution in [3.8, 4) is 0 Å². The van der Waals surface area contributed by atoms with Crippen LogP contribution in [0.15, 0.2) is 11.7 Å². The molecule has 72 valence electrons. The van der Waals surface area contributed by atoms with Crippen LogP contribution in [0, 0.1) is 0 Å². The Bertz CT molecular complexity index is 250. The molecule has 0 fully saturated rings. The van der Waals surface area contributed by atoms with Crippen LogP contribution in [0.25, 0.3) is 0 Å². The van der Waals surface area contributed by atoms with E-state index in [1.54, 1.807) is 11.7 Å². The lowest BCUT2D eigenvalue weighted by atomic mass is 10.6. The molecule has 0 radical (unpaired) electrons. The van der Waals surface area contributed by atoms with Crippen LogP contribution in [0.4, 0.5) is 4.79 Å². The monoisotopic (exact) mass is 201 g/mol. The molecule has 0 atom stereocenters. The van der Waals surface area contributed by atoms with Crippen LogP contribution in [-0.4, -0.2) is 24.2 Å². The molecule has 0 aliphatic carbocycles. The van der Waals surface area contributed by atoms with Crippen molar-refractivity contribution in [3.63, 3.8) is 0 Å². The van der Waals surface area contributed by atoms with E-state index in [1.807, 2.05) is 0 Å². The second-order valence-electron chi connectivity index (χ2n) is 2.26. The Labute approximate surface area is 79.9 Å². The van der Waals surface area contributed by atoms with Gasteiger partial charge in [-0.3, -0.25) is 4.98 Å². The van der Waals surface area contributed by atoms with E-state index in [0.717, 1.165) is 4.88 Å². The number of carbonyl (C=O) groups is 1. The summed E-state index contributed by atoms with van der Waals surface area (Å²) in [7, 11) is 0. The zero-order valence-electron chi connectivity index (χ0n) is 7.03. The Morgan fingerprint density at radius 2 is 2.62 bits per heavy atom. The highest BCUT2D eigenvalue weighted by atomic mass is 32.1. The maximum Gasteiger partial charge on any atom is 0.407 e. The summed E-state index contributed by atoms with van der Waals surface area (Å²) in [5.41, 5.74) is 6.88. The normalized spacial score (nSPS) is 9.62. The van der Waals surface area contributed by atoms with Crippen molar-refractivity contribution in [1.29, 1.82) is 0 Å². The van der Waals surface area contributed by atoms with Gasteiger partial charge in [-0.2, -0.15) is 0 Å². The van der Waals surface area contributed by atoms with E-state index < -0.39 is 6.09 Å². The molecule has 0 spiro atoms. The number of nitrogens with one attached hydrogen (secondary N) is 1. The number of nitrogens with two attached hydrogens (primary N) is 1. The van der Waals surface area contributed by atoms with E-state index >= 15 is 0 Å². The quantitative estimate of drug-likeness (QED) is 0.735. The lowest BCUT2D eigenvalue weighted by molar-refractivity contribution is 0.141. The van der Waals surface area contributed by atoms with Crippen LogP contribution in [-0.2, 0) is 11.3 Å². The molecule has 0 aliphatic heterocycles. The third-order valence-corrected chi connectivity index (χ3v) is 2.00. The van der Waals surface area contributed by atoms with E-state index in [1.165, 1.54) is 11.3 Å². The van der Waals surface area contributed by atoms with Gasteiger partial charge in [0.1, 0.15) is 6.61 Å². The van der Waals surface area contributed by atoms with Gasteiger partial charge in [0, 0.05) is 19.3 Å². The fourth-order valence-electron chi connectivity index (χ4n) is 0.675. The zero-order chi connectivity index (χ0) is 9.52. The maximum absolute atomic E-state index is 10.9. The Kier molecular flexibility index (Phi) is 4.20. The molecule has 0 bridgehead atoms. The van der Waals surface area contributed by atoms with Gasteiger partial charge >= 0.3 is 6.09 Å². The fourth-order valence-corrected chi connectivity index (χ4v) is 1.18. The molecule has 0 unspecified atom stereocenters. The van der Waals surface area contributed by atoms with E-state index in [0.29, 0.717) is 13.1 Å². The van der Waals surface area contributed by atoms with Crippen LogP contribution in [0.3, 0.4) is 0 Å². The number of thiazole rings is 1. The molecule has 1 heterocycles. The van der Waals surface area contributed by atoms with Crippen molar-refractivity contribution >= 4 is 17.4 Å². The lowest BCUT2D eigenvalue weighted by Gasteiger charge is -2.03. The number of hydrogen-bond donors (Lipinski definition) is 2. The van der Waals surface area contributed by atoms with Gasteiger partial charge in [-0.05, 0) is 0 Å². The minimum Gasteiger partial charge on any atom is -0.444 e. The number of nitrogens with zero attached hydrogens (tertiary/aromatic N) is 1. The first-order chi connectivity index (χ1) is 6.33. The third-order valence-electron chi connectivity index (χ3n) is 1.24. The third kappa shape index (κ3) is 3.86. The highest BCUT2D eigenvalue weighted by Gasteiger charge is 2.01. The van der Waals surface area contributed by atoms with Crippen LogP contribution in [0.5, 0.6) is 0 Å². The Morgan fingerprint density at radius 1 is 1.77 bits per heavy atom. The van der Waals surface area contributed by atoms with Gasteiger partial charge in [-0.1, -0.05) is 0 Å². The second kappa shape index (κ2) is 5.50. The Hall–Kier alpha value is -1.14. The SMILES string of the molecule is NCCNC(=O)OCc1cncs1. The van der Waals surface area contributed by atoms with Gasteiger partial charge in [0.05, 0.1) is 10.4 Å². The minimum absolute atomic E-state index is 0.265. The lowest BCUT2D eigenvalue weighted by Crippen LogP contribution is -2.29. The van der Waals surface area contributed by atoms with Crippen molar-refractivity contribution in [2.45, 2.75) is 6.61 Å². The van der Waals surface area contributed by atoms with Crippen molar-refractivity contribution in [3.05, 3.63) is 16.6 Å². The van der Waals surface area contributed by atoms with Gasteiger partial charge < -0.3 is 15.8 Å². The number of hydrogen-bond acceptors (Lipinski definition) is 5. The molecule has 1 aromatic heterocycles. The maximum atomic E-state index is 10.9. The summed E-state index contributed by atoms with van der Waals surface area (Å²) in [6.45, 7) is 1.11. The number of alkyl carbamates (subject to hydrolysis) is 1. The van der Waals surface area contributed by atoms with Crippen molar-refractivity contribution < 1.29 is 9.53 Å². The van der Waals surface area contributed by atoms with Crippen molar-refractivity contribution in [2.75, 3.05) is 13.1 Å². The van der Waals surface area contributed by atoms with Crippen LogP contribution in [0.2, 0.25) is 0 Å².